The molecule has 5 heteroatoms. The number of likely N-dealkylation sites (N-methyl/N-ethyl adjacent to an activating group) is 1. The molecule has 5 nitrogen and oxygen atoms in total. The summed E-state index contributed by atoms with van der Waals surface area (Å²) >= 11 is 0. The van der Waals surface area contributed by atoms with Crippen molar-refractivity contribution in [3.8, 4) is 5.75 Å². The summed E-state index contributed by atoms with van der Waals surface area (Å²) in [5.74, 6) is 0.790. The summed E-state index contributed by atoms with van der Waals surface area (Å²) in [6.07, 6.45) is 2.22. The quantitative estimate of drug-likeness (QED) is 0.687. The summed E-state index contributed by atoms with van der Waals surface area (Å²) in [6, 6.07) is 15.9. The molecule has 3 aromatic rings. The number of aromatic amines is 1. The number of ether oxygens (including phenoxy) is 1. The lowest BCUT2D eigenvalue weighted by molar-refractivity contribution is -0.121. The van der Waals surface area contributed by atoms with Gasteiger partial charge < -0.3 is 19.9 Å². The molecule has 0 radical (unpaired) electrons. The SMILES string of the molecule is COc1ccc2[nH]cc(CC(=O)NC(CN(C)C)c3ccccc3)c2c1. The fourth-order valence-electron chi connectivity index (χ4n) is 3.13. The highest BCUT2D eigenvalue weighted by atomic mass is 16.5. The van der Waals surface area contributed by atoms with Crippen LogP contribution in [0.2, 0.25) is 0 Å². The van der Waals surface area contributed by atoms with E-state index >= 15 is 0 Å². The summed E-state index contributed by atoms with van der Waals surface area (Å²) < 4.78 is 5.30. The van der Waals surface area contributed by atoms with E-state index in [-0.39, 0.29) is 11.9 Å². The fraction of sp³-hybridized carbons (Fsp3) is 0.286. The number of carbonyl (C=O) groups excluding carboxylic acids is 1. The number of hydrogen-bond donors (Lipinski definition) is 2. The minimum absolute atomic E-state index is 0.00410. The second-order valence-corrected chi connectivity index (χ2v) is 6.70. The van der Waals surface area contributed by atoms with E-state index in [9.17, 15) is 4.79 Å². The first-order valence-electron chi connectivity index (χ1n) is 8.70. The molecule has 0 fully saturated rings. The minimum atomic E-state index is -0.0431. The van der Waals surface area contributed by atoms with Crippen LogP contribution in [0, 0.1) is 0 Å². The monoisotopic (exact) mass is 351 g/mol. The third kappa shape index (κ3) is 4.24. The average Bonchev–Trinajstić information content (AvgIpc) is 3.03. The van der Waals surface area contributed by atoms with E-state index < -0.39 is 0 Å². The molecule has 26 heavy (non-hydrogen) atoms. The van der Waals surface area contributed by atoms with Gasteiger partial charge >= 0.3 is 0 Å². The molecule has 0 saturated carbocycles. The molecule has 0 bridgehead atoms. The van der Waals surface area contributed by atoms with E-state index in [0.717, 1.165) is 34.3 Å². The number of nitrogens with one attached hydrogen (secondary N) is 2. The van der Waals surface area contributed by atoms with Gasteiger partial charge in [-0.3, -0.25) is 4.79 Å². The van der Waals surface area contributed by atoms with Gasteiger partial charge in [-0.25, -0.2) is 0 Å². The molecule has 3 rings (SSSR count). The van der Waals surface area contributed by atoms with Crippen LogP contribution in [0.15, 0.2) is 54.7 Å². The van der Waals surface area contributed by atoms with Gasteiger partial charge in [-0.15, -0.1) is 0 Å². The summed E-state index contributed by atoms with van der Waals surface area (Å²) in [4.78, 5) is 18.0. The molecule has 2 N–H and O–H groups in total. The third-order valence-electron chi connectivity index (χ3n) is 4.41. The molecule has 1 aromatic heterocycles. The van der Waals surface area contributed by atoms with Crippen LogP contribution in [0.1, 0.15) is 17.2 Å². The van der Waals surface area contributed by atoms with Crippen molar-refractivity contribution in [2.24, 2.45) is 0 Å². The number of methoxy groups -OCH3 is 1. The van der Waals surface area contributed by atoms with Crippen molar-refractivity contribution in [3.63, 3.8) is 0 Å². The molecule has 0 aliphatic heterocycles. The number of carbonyl (C=O) groups is 1. The number of amides is 1. The first-order valence-corrected chi connectivity index (χ1v) is 8.70. The van der Waals surface area contributed by atoms with Crippen LogP contribution in [-0.2, 0) is 11.2 Å². The third-order valence-corrected chi connectivity index (χ3v) is 4.41. The molecule has 1 atom stereocenters. The lowest BCUT2D eigenvalue weighted by atomic mass is 10.1. The molecular weight excluding hydrogens is 326 g/mol. The number of hydrogen-bond acceptors (Lipinski definition) is 3. The van der Waals surface area contributed by atoms with Gasteiger partial charge in [-0.05, 0) is 43.4 Å². The van der Waals surface area contributed by atoms with Crippen molar-refractivity contribution in [3.05, 3.63) is 65.9 Å². The maximum Gasteiger partial charge on any atom is 0.225 e. The Balaban J connectivity index is 1.76. The van der Waals surface area contributed by atoms with Gasteiger partial charge in [0.2, 0.25) is 5.91 Å². The molecule has 0 spiro atoms. The van der Waals surface area contributed by atoms with Crippen molar-refractivity contribution in [1.82, 2.24) is 15.2 Å². The van der Waals surface area contributed by atoms with Gasteiger partial charge in [0.1, 0.15) is 5.75 Å². The highest BCUT2D eigenvalue weighted by molar-refractivity contribution is 5.89. The fourth-order valence-corrected chi connectivity index (χ4v) is 3.13. The van der Waals surface area contributed by atoms with Crippen molar-refractivity contribution < 1.29 is 9.53 Å². The Labute approximate surface area is 154 Å². The van der Waals surface area contributed by atoms with E-state index in [1.165, 1.54) is 0 Å². The zero-order valence-corrected chi connectivity index (χ0v) is 15.5. The van der Waals surface area contributed by atoms with Gasteiger partial charge in [0.25, 0.3) is 0 Å². The van der Waals surface area contributed by atoms with Crippen molar-refractivity contribution >= 4 is 16.8 Å². The minimum Gasteiger partial charge on any atom is -0.497 e. The summed E-state index contributed by atoms with van der Waals surface area (Å²) in [5, 5.41) is 4.19. The topological polar surface area (TPSA) is 57.4 Å². The predicted octanol–water partition coefficient (Wildman–Crippen LogP) is 3.14. The molecule has 1 unspecified atom stereocenters. The molecule has 0 aliphatic carbocycles. The van der Waals surface area contributed by atoms with Gasteiger partial charge in [0.05, 0.1) is 19.6 Å². The van der Waals surface area contributed by atoms with E-state index in [1.807, 2.05) is 68.8 Å². The molecule has 0 aliphatic rings. The molecular formula is C21H25N3O2. The lowest BCUT2D eigenvalue weighted by Gasteiger charge is -2.23. The highest BCUT2D eigenvalue weighted by Crippen LogP contribution is 2.24. The Kier molecular flexibility index (Phi) is 5.58. The lowest BCUT2D eigenvalue weighted by Crippen LogP contribution is -2.36. The van der Waals surface area contributed by atoms with Crippen LogP contribution in [0.5, 0.6) is 5.75 Å². The highest BCUT2D eigenvalue weighted by Gasteiger charge is 2.17. The van der Waals surface area contributed by atoms with Crippen molar-refractivity contribution in [2.45, 2.75) is 12.5 Å². The van der Waals surface area contributed by atoms with E-state index in [1.54, 1.807) is 7.11 Å². The van der Waals surface area contributed by atoms with Crippen LogP contribution >= 0.6 is 0 Å². The summed E-state index contributed by atoms with van der Waals surface area (Å²) in [7, 11) is 5.66. The zero-order valence-electron chi connectivity index (χ0n) is 15.5. The van der Waals surface area contributed by atoms with E-state index in [2.05, 4.69) is 15.2 Å². The van der Waals surface area contributed by atoms with Crippen molar-refractivity contribution in [2.75, 3.05) is 27.7 Å². The largest absolute Gasteiger partial charge is 0.497 e. The average molecular weight is 351 g/mol. The predicted molar refractivity (Wildman–Crippen MR) is 104 cm³/mol. The first-order chi connectivity index (χ1) is 12.6. The van der Waals surface area contributed by atoms with Gasteiger partial charge in [0, 0.05) is 23.6 Å². The number of H-pyrrole nitrogens is 1. The molecule has 2 aromatic carbocycles. The maximum absolute atomic E-state index is 12.7. The van der Waals surface area contributed by atoms with Gasteiger partial charge in [0.15, 0.2) is 0 Å². The summed E-state index contributed by atoms with van der Waals surface area (Å²) in [6.45, 7) is 0.747. The zero-order chi connectivity index (χ0) is 18.5. The number of aromatic nitrogens is 1. The van der Waals surface area contributed by atoms with Crippen molar-refractivity contribution in [1.29, 1.82) is 0 Å². The Bertz CT molecular complexity index is 871. The molecule has 1 amide bonds. The maximum atomic E-state index is 12.7. The Morgan fingerprint density at radius 1 is 1.19 bits per heavy atom. The molecule has 136 valence electrons. The smallest absolute Gasteiger partial charge is 0.225 e. The van der Waals surface area contributed by atoms with Crippen LogP contribution < -0.4 is 10.1 Å². The second kappa shape index (κ2) is 8.06. The summed E-state index contributed by atoms with van der Waals surface area (Å²) in [5.41, 5.74) is 3.07. The Hall–Kier alpha value is -2.79. The van der Waals surface area contributed by atoms with Crippen LogP contribution in [0.25, 0.3) is 10.9 Å². The second-order valence-electron chi connectivity index (χ2n) is 6.70. The Morgan fingerprint density at radius 3 is 2.65 bits per heavy atom. The molecule has 1 heterocycles. The van der Waals surface area contributed by atoms with E-state index in [4.69, 9.17) is 4.74 Å². The van der Waals surface area contributed by atoms with Gasteiger partial charge in [-0.2, -0.15) is 0 Å². The number of rotatable bonds is 7. The van der Waals surface area contributed by atoms with Crippen LogP contribution in [0.4, 0.5) is 0 Å². The van der Waals surface area contributed by atoms with E-state index in [0.29, 0.717) is 6.42 Å². The number of benzene rings is 2. The van der Waals surface area contributed by atoms with Gasteiger partial charge in [-0.1, -0.05) is 30.3 Å². The van der Waals surface area contributed by atoms with Crippen LogP contribution in [-0.4, -0.2) is 43.5 Å². The number of fused-ring (bicyclic) bond motifs is 1. The Morgan fingerprint density at radius 2 is 1.96 bits per heavy atom. The standard InChI is InChI=1S/C21H25N3O2/c1-24(2)14-20(15-7-5-4-6-8-15)23-21(25)11-16-13-22-19-10-9-17(26-3)12-18(16)19/h4-10,12-13,20,22H,11,14H2,1-3H3,(H,23,25). The first kappa shape index (κ1) is 18.0. The number of nitrogens with zero attached hydrogens (tertiary/aromatic N) is 1. The normalized spacial score (nSPS) is 12.3. The molecule has 0 saturated heterocycles. The van der Waals surface area contributed by atoms with Crippen LogP contribution in [0.3, 0.4) is 0 Å².